The first kappa shape index (κ1) is 15.2. The molecule has 0 bridgehead atoms. The zero-order valence-corrected chi connectivity index (χ0v) is 13.4. The quantitative estimate of drug-likeness (QED) is 0.794. The number of nitrogens with one attached hydrogen (secondary N) is 3. The maximum Gasteiger partial charge on any atom is 0.0515 e. The first-order valence-corrected chi connectivity index (χ1v) is 8.04. The Morgan fingerprint density at radius 2 is 1.86 bits per heavy atom. The summed E-state index contributed by atoms with van der Waals surface area (Å²) in [4.78, 5) is 0. The minimum Gasteiger partial charge on any atom is -0.312 e. The van der Waals surface area contributed by atoms with Gasteiger partial charge in [0, 0.05) is 25.6 Å². The van der Waals surface area contributed by atoms with Crippen LogP contribution in [0.1, 0.15) is 28.3 Å². The summed E-state index contributed by atoms with van der Waals surface area (Å²) in [6, 6.07) is 17.7. The second kappa shape index (κ2) is 7.05. The lowest BCUT2D eigenvalue weighted by molar-refractivity contribution is 0.441. The summed E-state index contributed by atoms with van der Waals surface area (Å²) in [5.41, 5.74) is 12.2. The number of aryl methyl sites for hydroxylation is 2. The third kappa shape index (κ3) is 3.55. The zero-order valence-electron chi connectivity index (χ0n) is 13.4. The molecule has 2 aromatic rings. The summed E-state index contributed by atoms with van der Waals surface area (Å²) in [5, 5.41) is 3.59. The predicted octanol–water partition coefficient (Wildman–Crippen LogP) is 2.86. The first-order chi connectivity index (χ1) is 10.7. The normalized spacial score (nSPS) is 21.2. The Balaban J connectivity index is 1.59. The lowest BCUT2D eigenvalue weighted by atomic mass is 9.92. The van der Waals surface area contributed by atoms with Gasteiger partial charge in [-0.15, -0.1) is 0 Å². The van der Waals surface area contributed by atoms with Gasteiger partial charge in [0.15, 0.2) is 0 Å². The Morgan fingerprint density at radius 1 is 1.05 bits per heavy atom. The van der Waals surface area contributed by atoms with Gasteiger partial charge in [-0.2, -0.15) is 0 Å². The molecule has 22 heavy (non-hydrogen) atoms. The number of rotatable bonds is 5. The van der Waals surface area contributed by atoms with Crippen LogP contribution >= 0.6 is 0 Å². The molecular formula is C19H25N3. The molecule has 3 nitrogen and oxygen atoms in total. The van der Waals surface area contributed by atoms with Crippen molar-refractivity contribution in [3.05, 3.63) is 70.8 Å². The van der Waals surface area contributed by atoms with Gasteiger partial charge >= 0.3 is 0 Å². The second-order valence-electron chi connectivity index (χ2n) is 6.22. The summed E-state index contributed by atoms with van der Waals surface area (Å²) >= 11 is 0. The van der Waals surface area contributed by atoms with Crippen LogP contribution in [0.4, 0.5) is 0 Å². The second-order valence-corrected chi connectivity index (χ2v) is 6.22. The van der Waals surface area contributed by atoms with Crippen LogP contribution in [-0.2, 0) is 6.54 Å². The first-order valence-electron chi connectivity index (χ1n) is 8.04. The molecule has 2 atom stereocenters. The van der Waals surface area contributed by atoms with Crippen LogP contribution < -0.4 is 16.2 Å². The van der Waals surface area contributed by atoms with Crippen molar-refractivity contribution in [2.24, 2.45) is 5.92 Å². The number of hydrazine groups is 1. The third-order valence-corrected chi connectivity index (χ3v) is 4.56. The van der Waals surface area contributed by atoms with E-state index in [0.29, 0.717) is 12.0 Å². The lowest BCUT2D eigenvalue weighted by Crippen LogP contribution is -2.28. The van der Waals surface area contributed by atoms with Crippen LogP contribution in [0, 0.1) is 19.8 Å². The molecule has 3 heteroatoms. The van der Waals surface area contributed by atoms with E-state index < -0.39 is 0 Å². The van der Waals surface area contributed by atoms with Crippen molar-refractivity contribution in [1.29, 1.82) is 0 Å². The fourth-order valence-corrected chi connectivity index (χ4v) is 3.04. The Labute approximate surface area is 133 Å². The molecule has 2 aromatic carbocycles. The molecule has 0 saturated carbocycles. The van der Waals surface area contributed by atoms with Gasteiger partial charge in [0.05, 0.1) is 6.04 Å². The molecule has 1 aliphatic rings. The molecule has 0 spiro atoms. The summed E-state index contributed by atoms with van der Waals surface area (Å²) in [5.74, 6) is 0.561. The summed E-state index contributed by atoms with van der Waals surface area (Å²) < 4.78 is 0. The van der Waals surface area contributed by atoms with Gasteiger partial charge in [-0.3, -0.25) is 5.43 Å². The number of hydrogen-bond donors (Lipinski definition) is 3. The fraction of sp³-hybridized carbons (Fsp3) is 0.368. The van der Waals surface area contributed by atoms with Crippen molar-refractivity contribution in [3.63, 3.8) is 0 Å². The minimum atomic E-state index is 0.377. The molecule has 0 radical (unpaired) electrons. The van der Waals surface area contributed by atoms with Crippen LogP contribution in [0.5, 0.6) is 0 Å². The van der Waals surface area contributed by atoms with Gasteiger partial charge in [0.25, 0.3) is 0 Å². The lowest BCUT2D eigenvalue weighted by Gasteiger charge is -2.20. The summed E-state index contributed by atoms with van der Waals surface area (Å²) in [6.07, 6.45) is 0. The summed E-state index contributed by atoms with van der Waals surface area (Å²) in [6.45, 7) is 7.28. The molecule has 1 heterocycles. The van der Waals surface area contributed by atoms with E-state index in [-0.39, 0.29) is 0 Å². The molecule has 0 aromatic heterocycles. The van der Waals surface area contributed by atoms with Gasteiger partial charge < -0.3 is 5.32 Å². The molecule has 1 saturated heterocycles. The van der Waals surface area contributed by atoms with Crippen molar-refractivity contribution in [1.82, 2.24) is 16.2 Å². The average Bonchev–Trinajstić information content (AvgIpc) is 3.00. The Bertz CT molecular complexity index is 609. The van der Waals surface area contributed by atoms with Crippen molar-refractivity contribution in [2.45, 2.75) is 26.4 Å². The average molecular weight is 295 g/mol. The highest BCUT2D eigenvalue weighted by molar-refractivity contribution is 5.32. The van der Waals surface area contributed by atoms with Crippen LogP contribution in [-0.4, -0.2) is 13.1 Å². The van der Waals surface area contributed by atoms with Gasteiger partial charge in [-0.1, -0.05) is 48.5 Å². The molecule has 116 valence electrons. The largest absolute Gasteiger partial charge is 0.312 e. The predicted molar refractivity (Wildman–Crippen MR) is 91.4 cm³/mol. The van der Waals surface area contributed by atoms with E-state index in [1.807, 2.05) is 0 Å². The molecule has 0 aliphatic carbocycles. The molecule has 1 aliphatic heterocycles. The monoisotopic (exact) mass is 295 g/mol. The number of benzene rings is 2. The topological polar surface area (TPSA) is 36.1 Å². The van der Waals surface area contributed by atoms with Gasteiger partial charge in [-0.05, 0) is 36.1 Å². The third-order valence-electron chi connectivity index (χ3n) is 4.56. The van der Waals surface area contributed by atoms with Gasteiger partial charge in [0.1, 0.15) is 0 Å². The number of hydrogen-bond acceptors (Lipinski definition) is 3. The van der Waals surface area contributed by atoms with Crippen LogP contribution in [0.2, 0.25) is 0 Å². The minimum absolute atomic E-state index is 0.377. The molecule has 1 fully saturated rings. The maximum absolute atomic E-state index is 3.59. The van der Waals surface area contributed by atoms with Crippen LogP contribution in [0.25, 0.3) is 0 Å². The van der Waals surface area contributed by atoms with E-state index in [4.69, 9.17) is 0 Å². The Hall–Kier alpha value is -1.68. The highest BCUT2D eigenvalue weighted by Crippen LogP contribution is 2.26. The highest BCUT2D eigenvalue weighted by atomic mass is 15.4. The molecule has 3 rings (SSSR count). The highest BCUT2D eigenvalue weighted by Gasteiger charge is 2.27. The van der Waals surface area contributed by atoms with Crippen molar-refractivity contribution in [2.75, 3.05) is 13.1 Å². The molecule has 0 amide bonds. The van der Waals surface area contributed by atoms with Gasteiger partial charge in [-0.25, -0.2) is 5.43 Å². The Morgan fingerprint density at radius 3 is 2.64 bits per heavy atom. The molecule has 2 unspecified atom stereocenters. The summed E-state index contributed by atoms with van der Waals surface area (Å²) in [7, 11) is 0. The van der Waals surface area contributed by atoms with E-state index >= 15 is 0 Å². The Kier molecular flexibility index (Phi) is 4.88. The van der Waals surface area contributed by atoms with E-state index in [1.165, 1.54) is 22.3 Å². The van der Waals surface area contributed by atoms with Crippen LogP contribution in [0.3, 0.4) is 0 Å². The van der Waals surface area contributed by atoms with E-state index in [2.05, 4.69) is 78.5 Å². The SMILES string of the molecule is Cc1ccc(C2NNCC2CNCc2ccccc2)cc1C. The molecular weight excluding hydrogens is 270 g/mol. The van der Waals surface area contributed by atoms with Crippen molar-refractivity contribution < 1.29 is 0 Å². The fourth-order valence-electron chi connectivity index (χ4n) is 3.04. The van der Waals surface area contributed by atoms with Crippen molar-refractivity contribution >= 4 is 0 Å². The van der Waals surface area contributed by atoms with E-state index in [9.17, 15) is 0 Å². The van der Waals surface area contributed by atoms with Crippen LogP contribution in [0.15, 0.2) is 48.5 Å². The van der Waals surface area contributed by atoms with E-state index in [0.717, 1.165) is 19.6 Å². The van der Waals surface area contributed by atoms with Gasteiger partial charge in [0.2, 0.25) is 0 Å². The maximum atomic E-state index is 3.59. The molecule has 3 N–H and O–H groups in total. The zero-order chi connectivity index (χ0) is 15.4. The standard InChI is InChI=1S/C19H25N3/c1-14-8-9-17(10-15(14)2)19-18(13-21-22-19)12-20-11-16-6-4-3-5-7-16/h3-10,18-22H,11-13H2,1-2H3. The van der Waals surface area contributed by atoms with Crippen molar-refractivity contribution in [3.8, 4) is 0 Å². The smallest absolute Gasteiger partial charge is 0.0515 e. The van der Waals surface area contributed by atoms with E-state index in [1.54, 1.807) is 0 Å².